The lowest BCUT2D eigenvalue weighted by molar-refractivity contribution is 0.317. The minimum atomic E-state index is 0. The Balaban J connectivity index is 0.00000200. The summed E-state index contributed by atoms with van der Waals surface area (Å²) < 4.78 is 11.4. The number of pyridine rings is 1. The maximum absolute atomic E-state index is 5.79. The van der Waals surface area contributed by atoms with Crippen molar-refractivity contribution in [3.63, 3.8) is 0 Å². The standard InChI is InChI=1S/C16H21NO2.ClH/c1-4-8-18-13-6-7-14-15(11-13)17-12(3)10-16(14)19-9-5-2;/h6-7,10-11H,4-5,8-9H2,1-3H3;1H. The number of nitrogens with zero attached hydrogens (tertiary/aromatic N) is 1. The fraction of sp³-hybridized carbons (Fsp3) is 0.438. The van der Waals surface area contributed by atoms with Gasteiger partial charge in [0.05, 0.1) is 18.7 Å². The Hall–Kier alpha value is -1.48. The molecular formula is C16H22ClNO2. The molecule has 0 unspecified atom stereocenters. The van der Waals surface area contributed by atoms with Gasteiger partial charge in [0.1, 0.15) is 11.5 Å². The summed E-state index contributed by atoms with van der Waals surface area (Å²) in [5, 5.41) is 1.04. The lowest BCUT2D eigenvalue weighted by Crippen LogP contribution is -1.99. The van der Waals surface area contributed by atoms with Gasteiger partial charge < -0.3 is 9.47 Å². The van der Waals surface area contributed by atoms with Crippen molar-refractivity contribution in [2.45, 2.75) is 33.6 Å². The molecule has 0 atom stereocenters. The van der Waals surface area contributed by atoms with E-state index in [1.807, 2.05) is 31.2 Å². The zero-order valence-corrected chi connectivity index (χ0v) is 13.1. The first-order valence-corrected chi connectivity index (χ1v) is 6.91. The Morgan fingerprint density at radius 1 is 1.00 bits per heavy atom. The molecule has 4 heteroatoms. The molecule has 1 aromatic carbocycles. The molecule has 2 aromatic rings. The quantitative estimate of drug-likeness (QED) is 0.784. The number of halogens is 1. The number of benzene rings is 1. The van der Waals surface area contributed by atoms with Crippen molar-refractivity contribution in [3.05, 3.63) is 30.0 Å². The van der Waals surface area contributed by atoms with Crippen molar-refractivity contribution in [2.75, 3.05) is 13.2 Å². The molecule has 0 saturated heterocycles. The van der Waals surface area contributed by atoms with Crippen molar-refractivity contribution in [3.8, 4) is 11.5 Å². The Labute approximate surface area is 126 Å². The summed E-state index contributed by atoms with van der Waals surface area (Å²) in [7, 11) is 0. The van der Waals surface area contributed by atoms with Crippen LogP contribution in [0.1, 0.15) is 32.4 Å². The number of aromatic nitrogens is 1. The number of hydrogen-bond donors (Lipinski definition) is 0. The molecule has 0 saturated carbocycles. The van der Waals surface area contributed by atoms with E-state index < -0.39 is 0 Å². The van der Waals surface area contributed by atoms with E-state index in [9.17, 15) is 0 Å². The molecule has 3 nitrogen and oxygen atoms in total. The van der Waals surface area contributed by atoms with Crippen LogP contribution in [0.3, 0.4) is 0 Å². The lowest BCUT2D eigenvalue weighted by Gasteiger charge is -2.11. The second kappa shape index (κ2) is 7.95. The van der Waals surface area contributed by atoms with E-state index >= 15 is 0 Å². The van der Waals surface area contributed by atoms with E-state index in [0.717, 1.165) is 54.2 Å². The lowest BCUT2D eigenvalue weighted by atomic mass is 10.1. The van der Waals surface area contributed by atoms with Crippen LogP contribution < -0.4 is 9.47 Å². The molecule has 110 valence electrons. The first-order chi connectivity index (χ1) is 9.24. The minimum Gasteiger partial charge on any atom is -0.494 e. The normalized spacial score (nSPS) is 10.2. The number of fused-ring (bicyclic) bond motifs is 1. The van der Waals surface area contributed by atoms with E-state index in [0.29, 0.717) is 0 Å². The van der Waals surface area contributed by atoms with Crippen LogP contribution in [-0.2, 0) is 0 Å². The molecule has 0 fully saturated rings. The summed E-state index contributed by atoms with van der Waals surface area (Å²) in [6.45, 7) is 7.65. The van der Waals surface area contributed by atoms with Crippen LogP contribution in [-0.4, -0.2) is 18.2 Å². The molecule has 0 aliphatic heterocycles. The summed E-state index contributed by atoms with van der Waals surface area (Å²) in [5.41, 5.74) is 1.89. The van der Waals surface area contributed by atoms with E-state index in [-0.39, 0.29) is 12.4 Å². The van der Waals surface area contributed by atoms with Gasteiger partial charge in [-0.15, -0.1) is 12.4 Å². The van der Waals surface area contributed by atoms with Gasteiger partial charge in [-0.25, -0.2) is 0 Å². The van der Waals surface area contributed by atoms with Gasteiger partial charge in [0.15, 0.2) is 0 Å². The fourth-order valence-electron chi connectivity index (χ4n) is 1.94. The molecule has 0 radical (unpaired) electrons. The number of rotatable bonds is 6. The largest absolute Gasteiger partial charge is 0.494 e. The summed E-state index contributed by atoms with van der Waals surface area (Å²) >= 11 is 0. The van der Waals surface area contributed by atoms with Crippen molar-refractivity contribution in [1.82, 2.24) is 4.98 Å². The number of hydrogen-bond acceptors (Lipinski definition) is 3. The van der Waals surface area contributed by atoms with Gasteiger partial charge in [0.25, 0.3) is 0 Å². The molecule has 0 bridgehead atoms. The Kier molecular flexibility index (Phi) is 6.59. The van der Waals surface area contributed by atoms with Gasteiger partial charge in [-0.05, 0) is 31.9 Å². The Bertz CT molecular complexity index is 557. The van der Waals surface area contributed by atoms with Crippen molar-refractivity contribution >= 4 is 23.3 Å². The fourth-order valence-corrected chi connectivity index (χ4v) is 1.94. The average molecular weight is 296 g/mol. The monoisotopic (exact) mass is 295 g/mol. The number of ether oxygens (including phenoxy) is 2. The zero-order chi connectivity index (χ0) is 13.7. The summed E-state index contributed by atoms with van der Waals surface area (Å²) in [5.74, 6) is 1.78. The van der Waals surface area contributed by atoms with Gasteiger partial charge in [-0.3, -0.25) is 4.98 Å². The topological polar surface area (TPSA) is 31.4 Å². The van der Waals surface area contributed by atoms with E-state index in [1.165, 1.54) is 0 Å². The molecule has 20 heavy (non-hydrogen) atoms. The Morgan fingerprint density at radius 3 is 2.40 bits per heavy atom. The van der Waals surface area contributed by atoms with E-state index in [2.05, 4.69) is 18.8 Å². The highest BCUT2D eigenvalue weighted by molar-refractivity contribution is 5.86. The zero-order valence-electron chi connectivity index (χ0n) is 12.3. The summed E-state index contributed by atoms with van der Waals surface area (Å²) in [4.78, 5) is 4.55. The molecule has 0 spiro atoms. The molecule has 2 rings (SSSR count). The third-order valence-corrected chi connectivity index (χ3v) is 2.81. The first kappa shape index (κ1) is 16.6. The van der Waals surface area contributed by atoms with Gasteiger partial charge in [-0.2, -0.15) is 0 Å². The van der Waals surface area contributed by atoms with Crippen molar-refractivity contribution in [1.29, 1.82) is 0 Å². The minimum absolute atomic E-state index is 0. The maximum Gasteiger partial charge on any atom is 0.130 e. The highest BCUT2D eigenvalue weighted by Gasteiger charge is 2.06. The molecule has 0 N–H and O–H groups in total. The van der Waals surface area contributed by atoms with Gasteiger partial charge in [-0.1, -0.05) is 13.8 Å². The molecule has 1 aromatic heterocycles. The third-order valence-electron chi connectivity index (χ3n) is 2.81. The molecule has 0 aliphatic carbocycles. The van der Waals surface area contributed by atoms with Crippen LogP contribution in [0.25, 0.3) is 10.9 Å². The van der Waals surface area contributed by atoms with Crippen LogP contribution in [0.4, 0.5) is 0 Å². The smallest absolute Gasteiger partial charge is 0.130 e. The van der Waals surface area contributed by atoms with Crippen LogP contribution in [0, 0.1) is 6.92 Å². The van der Waals surface area contributed by atoms with Gasteiger partial charge in [0, 0.05) is 23.2 Å². The molecular weight excluding hydrogens is 274 g/mol. The molecule has 0 amide bonds. The van der Waals surface area contributed by atoms with E-state index in [1.54, 1.807) is 0 Å². The summed E-state index contributed by atoms with van der Waals surface area (Å²) in [6, 6.07) is 7.98. The van der Waals surface area contributed by atoms with Gasteiger partial charge >= 0.3 is 0 Å². The van der Waals surface area contributed by atoms with Crippen molar-refractivity contribution < 1.29 is 9.47 Å². The Morgan fingerprint density at radius 2 is 1.70 bits per heavy atom. The number of aryl methyl sites for hydroxylation is 1. The first-order valence-electron chi connectivity index (χ1n) is 6.91. The maximum atomic E-state index is 5.79. The molecule has 0 aliphatic rings. The van der Waals surface area contributed by atoms with Crippen LogP contribution in [0.2, 0.25) is 0 Å². The average Bonchev–Trinajstić information content (AvgIpc) is 2.41. The summed E-state index contributed by atoms with van der Waals surface area (Å²) in [6.07, 6.45) is 2.00. The predicted octanol–water partition coefficient (Wildman–Crippen LogP) is 4.54. The van der Waals surface area contributed by atoms with Crippen LogP contribution in [0.15, 0.2) is 24.3 Å². The SMILES string of the molecule is CCCOc1ccc2c(OCCC)cc(C)nc2c1.Cl. The van der Waals surface area contributed by atoms with Gasteiger partial charge in [0.2, 0.25) is 0 Å². The highest BCUT2D eigenvalue weighted by atomic mass is 35.5. The predicted molar refractivity (Wildman–Crippen MR) is 85.3 cm³/mol. The van der Waals surface area contributed by atoms with Crippen molar-refractivity contribution in [2.24, 2.45) is 0 Å². The van der Waals surface area contributed by atoms with E-state index in [4.69, 9.17) is 9.47 Å². The van der Waals surface area contributed by atoms with Crippen LogP contribution >= 0.6 is 12.4 Å². The van der Waals surface area contributed by atoms with Crippen LogP contribution in [0.5, 0.6) is 11.5 Å². The second-order valence-corrected chi connectivity index (χ2v) is 4.64. The highest BCUT2D eigenvalue weighted by Crippen LogP contribution is 2.28. The molecule has 1 heterocycles. The third kappa shape index (κ3) is 4.01. The second-order valence-electron chi connectivity index (χ2n) is 4.64.